The fraction of sp³-hybridized carbons (Fsp3) is 0.920. The van der Waals surface area contributed by atoms with Crippen LogP contribution in [0.5, 0.6) is 0 Å². The Morgan fingerprint density at radius 2 is 1.39 bits per heavy atom. The summed E-state index contributed by atoms with van der Waals surface area (Å²) in [6, 6.07) is -0.436. The summed E-state index contributed by atoms with van der Waals surface area (Å²) in [5.41, 5.74) is 6.00. The van der Waals surface area contributed by atoms with Crippen LogP contribution in [0.25, 0.3) is 0 Å². The molecule has 0 amide bonds. The van der Waals surface area contributed by atoms with Crippen LogP contribution < -0.4 is 5.73 Å². The van der Waals surface area contributed by atoms with Gasteiger partial charge in [-0.1, -0.05) is 84.0 Å². The van der Waals surface area contributed by atoms with E-state index in [4.69, 9.17) is 24.0 Å². The second kappa shape index (κ2) is 22.1. The first-order chi connectivity index (χ1) is 15.8. The van der Waals surface area contributed by atoms with Crippen molar-refractivity contribution in [2.24, 2.45) is 5.73 Å². The first-order valence-electron chi connectivity index (χ1n) is 13.0. The van der Waals surface area contributed by atoms with E-state index in [-0.39, 0.29) is 19.2 Å². The predicted molar refractivity (Wildman–Crippen MR) is 141 cm³/mol. The van der Waals surface area contributed by atoms with Crippen molar-refractivity contribution in [3.63, 3.8) is 0 Å². The number of nitrogens with two attached hydrogens (primary N) is 1. The first-order valence-corrected chi connectivity index (χ1v) is 14.7. The highest BCUT2D eigenvalue weighted by Gasteiger charge is 2.18. The van der Waals surface area contributed by atoms with Crippen molar-refractivity contribution in [1.29, 1.82) is 0 Å². The standard InChI is InChI=1S/C25H53N2O5P/c1-6-7-8-9-10-11-12-13-14-15-16-17-18-19-25(28)30-22-24(26)23-32-33(5,29-4)31-21-20-27(2)3/h24H,5-23,26H2,1-4H3. The number of carbonyl (C=O) groups excluding carboxylic acids is 1. The zero-order chi connectivity index (χ0) is 24.8. The predicted octanol–water partition coefficient (Wildman–Crippen LogP) is 5.77. The number of unbranched alkanes of at least 4 members (excludes halogenated alkanes) is 12. The summed E-state index contributed by atoms with van der Waals surface area (Å²) in [5, 5.41) is 0. The fourth-order valence-electron chi connectivity index (χ4n) is 3.32. The Kier molecular flexibility index (Phi) is 21.8. The molecule has 0 bridgehead atoms. The van der Waals surface area contributed by atoms with Gasteiger partial charge in [0.15, 0.2) is 0 Å². The number of esters is 1. The topological polar surface area (TPSA) is 83.2 Å². The smallest absolute Gasteiger partial charge is 0.305 e. The molecule has 2 atom stereocenters. The minimum atomic E-state index is -2.65. The van der Waals surface area contributed by atoms with Gasteiger partial charge in [0.2, 0.25) is 7.57 Å². The van der Waals surface area contributed by atoms with Gasteiger partial charge in [-0.05, 0) is 26.8 Å². The molecule has 0 aromatic heterocycles. The third-order valence-corrected chi connectivity index (χ3v) is 7.21. The lowest BCUT2D eigenvalue weighted by Gasteiger charge is -2.24. The van der Waals surface area contributed by atoms with Crippen molar-refractivity contribution in [2.75, 3.05) is 47.6 Å². The molecule has 0 radical (unpaired) electrons. The maximum Gasteiger partial charge on any atom is 0.305 e. The normalized spacial score (nSPS) is 14.4. The second-order valence-corrected chi connectivity index (χ2v) is 11.3. The molecule has 2 N–H and O–H groups in total. The molecule has 0 aliphatic heterocycles. The molecule has 0 rings (SSSR count). The molecule has 0 aromatic rings. The van der Waals surface area contributed by atoms with E-state index in [0.29, 0.717) is 13.0 Å². The van der Waals surface area contributed by atoms with Crippen LogP contribution in [0.15, 0.2) is 0 Å². The number of rotatable bonds is 24. The van der Waals surface area contributed by atoms with Gasteiger partial charge < -0.3 is 28.9 Å². The summed E-state index contributed by atoms with van der Waals surface area (Å²) < 4.78 is 21.9. The van der Waals surface area contributed by atoms with Gasteiger partial charge in [0.1, 0.15) is 6.61 Å². The molecule has 0 aliphatic rings. The van der Waals surface area contributed by atoms with Crippen molar-refractivity contribution in [3.8, 4) is 0 Å². The molecule has 33 heavy (non-hydrogen) atoms. The minimum Gasteiger partial charge on any atom is -0.464 e. The van der Waals surface area contributed by atoms with Gasteiger partial charge >= 0.3 is 5.97 Å². The Balaban J connectivity index is 3.62. The monoisotopic (exact) mass is 492 g/mol. The van der Waals surface area contributed by atoms with Crippen LogP contribution in [0.3, 0.4) is 0 Å². The SMILES string of the molecule is C=P(OC)(OCCN(C)C)OCC(N)COC(=O)CCCCCCCCCCCCCCC. The Morgan fingerprint density at radius 3 is 1.88 bits per heavy atom. The fourth-order valence-corrected chi connectivity index (χ4v) is 4.39. The van der Waals surface area contributed by atoms with E-state index in [1.807, 2.05) is 19.0 Å². The molecule has 7 nitrogen and oxygen atoms in total. The second-order valence-electron chi connectivity index (χ2n) is 9.16. The lowest BCUT2D eigenvalue weighted by atomic mass is 10.0. The molecular weight excluding hydrogens is 439 g/mol. The van der Waals surface area contributed by atoms with E-state index < -0.39 is 13.6 Å². The molecule has 0 heterocycles. The molecule has 0 saturated carbocycles. The van der Waals surface area contributed by atoms with Crippen LogP contribution in [0.4, 0.5) is 0 Å². The molecule has 0 aliphatic carbocycles. The van der Waals surface area contributed by atoms with Gasteiger partial charge in [0.05, 0.1) is 19.3 Å². The number of likely N-dealkylation sites (N-methyl/N-ethyl adjacent to an activating group) is 1. The van der Waals surface area contributed by atoms with Crippen LogP contribution in [0, 0.1) is 0 Å². The molecule has 198 valence electrons. The van der Waals surface area contributed by atoms with Crippen LogP contribution in [0.2, 0.25) is 0 Å². The number of hydrogen-bond donors (Lipinski definition) is 1. The van der Waals surface area contributed by atoms with Gasteiger partial charge in [-0.15, -0.1) is 0 Å². The largest absolute Gasteiger partial charge is 0.464 e. The zero-order valence-electron chi connectivity index (χ0n) is 22.0. The molecule has 0 aromatic carbocycles. The molecular formula is C25H53N2O5P. The van der Waals surface area contributed by atoms with Crippen LogP contribution in [0.1, 0.15) is 96.8 Å². The molecule has 0 fully saturated rings. The van der Waals surface area contributed by atoms with Gasteiger partial charge in [-0.2, -0.15) is 0 Å². The van der Waals surface area contributed by atoms with Gasteiger partial charge in [-0.3, -0.25) is 4.79 Å². The number of hydrogen-bond acceptors (Lipinski definition) is 7. The third-order valence-electron chi connectivity index (χ3n) is 5.53. The Labute approximate surface area is 204 Å². The summed E-state index contributed by atoms with van der Waals surface area (Å²) in [5.74, 6) is -0.196. The van der Waals surface area contributed by atoms with Crippen molar-refractivity contribution >= 4 is 19.8 Å². The molecule has 0 saturated heterocycles. The Bertz CT molecular complexity index is 505. The van der Waals surface area contributed by atoms with E-state index in [9.17, 15) is 4.79 Å². The van der Waals surface area contributed by atoms with Crippen molar-refractivity contribution in [1.82, 2.24) is 4.90 Å². The Hall–Kier alpha value is -0.430. The summed E-state index contributed by atoms with van der Waals surface area (Å²) in [6.07, 6.45) is 21.1. The lowest BCUT2D eigenvalue weighted by Crippen LogP contribution is -2.32. The average molecular weight is 493 g/mol. The molecule has 0 spiro atoms. The highest BCUT2D eigenvalue weighted by molar-refractivity contribution is 7.59. The maximum absolute atomic E-state index is 11.9. The summed E-state index contributed by atoms with van der Waals surface area (Å²) >= 11 is 0. The van der Waals surface area contributed by atoms with Gasteiger partial charge in [-0.25, -0.2) is 0 Å². The highest BCUT2D eigenvalue weighted by atomic mass is 31.2. The molecule has 8 heteroatoms. The zero-order valence-corrected chi connectivity index (χ0v) is 22.9. The van der Waals surface area contributed by atoms with Crippen LogP contribution in [-0.4, -0.2) is 70.8 Å². The van der Waals surface area contributed by atoms with Gasteiger partial charge in [0, 0.05) is 20.1 Å². The van der Waals surface area contributed by atoms with Gasteiger partial charge in [0.25, 0.3) is 0 Å². The van der Waals surface area contributed by atoms with Crippen LogP contribution >= 0.6 is 7.57 Å². The summed E-state index contributed by atoms with van der Waals surface area (Å²) in [7, 11) is 2.78. The van der Waals surface area contributed by atoms with E-state index in [2.05, 4.69) is 13.2 Å². The number of ether oxygens (including phenoxy) is 1. The first kappa shape index (κ1) is 32.6. The summed E-state index contributed by atoms with van der Waals surface area (Å²) in [4.78, 5) is 13.9. The highest BCUT2D eigenvalue weighted by Crippen LogP contribution is 2.47. The van der Waals surface area contributed by atoms with E-state index in [1.165, 1.54) is 77.7 Å². The molecule has 2 unspecified atom stereocenters. The number of carbonyl (C=O) groups is 1. The van der Waals surface area contributed by atoms with E-state index in [1.54, 1.807) is 0 Å². The third kappa shape index (κ3) is 21.8. The van der Waals surface area contributed by atoms with Crippen molar-refractivity contribution in [2.45, 2.75) is 103 Å². The lowest BCUT2D eigenvalue weighted by molar-refractivity contribution is -0.144. The Morgan fingerprint density at radius 1 is 0.879 bits per heavy atom. The quantitative estimate of drug-likeness (QED) is 0.104. The average Bonchev–Trinajstić information content (AvgIpc) is 2.79. The van der Waals surface area contributed by atoms with Crippen molar-refractivity contribution < 1.29 is 23.1 Å². The van der Waals surface area contributed by atoms with Crippen molar-refractivity contribution in [3.05, 3.63) is 0 Å². The minimum absolute atomic E-state index is 0.124. The van der Waals surface area contributed by atoms with Crippen LogP contribution in [-0.2, 0) is 23.1 Å². The van der Waals surface area contributed by atoms with E-state index in [0.717, 1.165) is 19.4 Å². The number of nitrogens with zero attached hydrogens (tertiary/aromatic N) is 1. The maximum atomic E-state index is 11.9. The summed E-state index contributed by atoms with van der Waals surface area (Å²) in [6.45, 7) is 3.75. The van der Waals surface area contributed by atoms with E-state index >= 15 is 0 Å².